The van der Waals surface area contributed by atoms with Gasteiger partial charge in [-0.15, -0.1) is 0 Å². The van der Waals surface area contributed by atoms with Crippen molar-refractivity contribution in [2.75, 3.05) is 12.3 Å². The fourth-order valence-corrected chi connectivity index (χ4v) is 2.87. The number of hydrogen-bond donors (Lipinski definition) is 4. The molecule has 4 atom stereocenters. The van der Waals surface area contributed by atoms with Crippen LogP contribution in [0.1, 0.15) is 12.6 Å². The summed E-state index contributed by atoms with van der Waals surface area (Å²) in [5.41, 5.74) is 11.3. The molecule has 0 spiro atoms. The number of aromatic nitrogens is 4. The van der Waals surface area contributed by atoms with Crippen LogP contribution < -0.4 is 11.2 Å². The molecule has 0 radical (unpaired) electrons. The van der Waals surface area contributed by atoms with E-state index in [1.165, 1.54) is 6.33 Å². The molecule has 0 aromatic carbocycles. The Morgan fingerprint density at radius 2 is 2.30 bits per heavy atom. The summed E-state index contributed by atoms with van der Waals surface area (Å²) in [6.45, 7) is -0.327. The van der Waals surface area contributed by atoms with Gasteiger partial charge in [0, 0.05) is 6.42 Å². The van der Waals surface area contributed by atoms with Gasteiger partial charge in [0.25, 0.3) is 0 Å². The number of hydrogen-bond acceptors (Lipinski definition) is 8. The van der Waals surface area contributed by atoms with Crippen LogP contribution in [-0.2, 0) is 13.8 Å². The zero-order chi connectivity index (χ0) is 16.8. The molecule has 1 aliphatic rings. The van der Waals surface area contributed by atoms with E-state index < -0.39 is 26.2 Å². The first-order valence-corrected chi connectivity index (χ1v) is 8.52. The lowest BCUT2D eigenvalue weighted by atomic mass is 10.2. The van der Waals surface area contributed by atoms with Crippen molar-refractivity contribution in [1.29, 1.82) is 0 Å². The number of nitrogens with two attached hydrogens (primary N) is 2. The van der Waals surface area contributed by atoms with Gasteiger partial charge in [-0.1, -0.05) is 0 Å². The molecule has 0 bridgehead atoms. The Balaban J connectivity index is 1.82. The maximum Gasteiger partial charge on any atom is 0.400 e. The van der Waals surface area contributed by atoms with E-state index in [1.807, 2.05) is 0 Å². The molecule has 23 heavy (non-hydrogen) atoms. The number of ether oxygens (including phenoxy) is 1. The number of imidazole rings is 1. The molecule has 11 nitrogen and oxygen atoms in total. The van der Waals surface area contributed by atoms with Crippen LogP contribution in [0.3, 0.4) is 0 Å². The Morgan fingerprint density at radius 1 is 1.57 bits per heavy atom. The first-order chi connectivity index (χ1) is 10.7. The highest BCUT2D eigenvalue weighted by atomic mass is 35.5. The van der Waals surface area contributed by atoms with E-state index >= 15 is 0 Å². The second-order valence-electron chi connectivity index (χ2n) is 4.99. The summed E-state index contributed by atoms with van der Waals surface area (Å²) >= 11 is 5.79. The Labute approximate surface area is 134 Å². The van der Waals surface area contributed by atoms with Gasteiger partial charge in [-0.3, -0.25) is 9.09 Å². The second-order valence-corrected chi connectivity index (χ2v) is 6.72. The monoisotopic (exact) mass is 364 g/mol. The SMILES string of the molecule is Nc1nc(Cl)nc2c1ncn2[C@H]1C[C@H](O)[C@@H](COP(N)(=O)O)O1. The average Bonchev–Trinajstić information content (AvgIpc) is 2.99. The first kappa shape index (κ1) is 16.5. The predicted octanol–water partition coefficient (Wildman–Crippen LogP) is -0.214. The van der Waals surface area contributed by atoms with Gasteiger partial charge < -0.3 is 20.5 Å². The molecule has 1 aliphatic heterocycles. The predicted molar refractivity (Wildman–Crippen MR) is 79.2 cm³/mol. The van der Waals surface area contributed by atoms with Gasteiger partial charge in [-0.05, 0) is 11.6 Å². The van der Waals surface area contributed by atoms with Crippen molar-refractivity contribution < 1.29 is 23.8 Å². The maximum atomic E-state index is 11.0. The molecule has 0 amide bonds. The number of nitrogen functional groups attached to an aromatic ring is 1. The number of fused-ring (bicyclic) bond motifs is 1. The van der Waals surface area contributed by atoms with Crippen LogP contribution in [0.4, 0.5) is 5.82 Å². The molecule has 1 unspecified atom stereocenters. The zero-order valence-corrected chi connectivity index (χ0v) is 13.3. The van der Waals surface area contributed by atoms with Gasteiger partial charge in [0.15, 0.2) is 11.5 Å². The van der Waals surface area contributed by atoms with Crippen LogP contribution in [-0.4, -0.2) is 48.3 Å². The van der Waals surface area contributed by atoms with E-state index in [1.54, 1.807) is 4.57 Å². The molecule has 13 heteroatoms. The molecule has 0 aliphatic carbocycles. The molecule has 126 valence electrons. The van der Waals surface area contributed by atoms with E-state index in [0.29, 0.717) is 11.2 Å². The Bertz CT molecular complexity index is 780. The molecule has 2 aromatic heterocycles. The van der Waals surface area contributed by atoms with Crippen molar-refractivity contribution in [2.24, 2.45) is 5.50 Å². The highest BCUT2D eigenvalue weighted by molar-refractivity contribution is 7.50. The number of anilines is 1. The van der Waals surface area contributed by atoms with Crippen molar-refractivity contribution in [3.63, 3.8) is 0 Å². The Morgan fingerprint density at radius 3 is 3.00 bits per heavy atom. The van der Waals surface area contributed by atoms with Crippen LogP contribution in [0.2, 0.25) is 5.28 Å². The molecular formula is C10H14ClN6O5P. The molecule has 1 fully saturated rings. The highest BCUT2D eigenvalue weighted by Gasteiger charge is 2.37. The minimum atomic E-state index is -4.14. The molecule has 1 saturated heterocycles. The number of aliphatic hydroxyl groups excluding tert-OH is 1. The summed E-state index contributed by atoms with van der Waals surface area (Å²) < 4.78 is 22.7. The summed E-state index contributed by atoms with van der Waals surface area (Å²) in [4.78, 5) is 20.9. The highest BCUT2D eigenvalue weighted by Crippen LogP contribution is 2.36. The molecule has 3 rings (SSSR count). The normalized spacial score (nSPS) is 27.4. The van der Waals surface area contributed by atoms with Gasteiger partial charge in [-0.2, -0.15) is 9.97 Å². The van der Waals surface area contributed by atoms with Crippen LogP contribution in [0, 0.1) is 0 Å². The van der Waals surface area contributed by atoms with Crippen LogP contribution in [0.15, 0.2) is 6.33 Å². The van der Waals surface area contributed by atoms with E-state index in [-0.39, 0.29) is 24.1 Å². The number of rotatable bonds is 4. The minimum absolute atomic E-state index is 0.0421. The summed E-state index contributed by atoms with van der Waals surface area (Å²) in [6, 6.07) is 0. The minimum Gasteiger partial charge on any atom is -0.390 e. The zero-order valence-electron chi connectivity index (χ0n) is 11.6. The topological polar surface area (TPSA) is 172 Å². The molecule has 2 aromatic rings. The van der Waals surface area contributed by atoms with Gasteiger partial charge in [0.1, 0.15) is 17.8 Å². The van der Waals surface area contributed by atoms with Gasteiger partial charge in [-0.25, -0.2) is 15.1 Å². The van der Waals surface area contributed by atoms with Crippen molar-refractivity contribution in [3.8, 4) is 0 Å². The van der Waals surface area contributed by atoms with Gasteiger partial charge in [0.2, 0.25) is 5.28 Å². The summed E-state index contributed by atoms with van der Waals surface area (Å²) in [5, 5.41) is 9.96. The number of halogens is 1. The lowest BCUT2D eigenvalue weighted by Gasteiger charge is -2.16. The van der Waals surface area contributed by atoms with E-state index in [9.17, 15) is 9.67 Å². The smallest absolute Gasteiger partial charge is 0.390 e. The van der Waals surface area contributed by atoms with Crippen molar-refractivity contribution in [2.45, 2.75) is 24.9 Å². The third-order valence-corrected chi connectivity index (χ3v) is 4.05. The lowest BCUT2D eigenvalue weighted by Crippen LogP contribution is -2.26. The number of nitrogens with zero attached hydrogens (tertiary/aromatic N) is 4. The first-order valence-electron chi connectivity index (χ1n) is 6.49. The van der Waals surface area contributed by atoms with Crippen LogP contribution >= 0.6 is 19.3 Å². The lowest BCUT2D eigenvalue weighted by molar-refractivity contribution is -0.0396. The molecule has 6 N–H and O–H groups in total. The van der Waals surface area contributed by atoms with Crippen molar-refractivity contribution in [3.05, 3.63) is 11.6 Å². The Kier molecular flexibility index (Phi) is 4.27. The summed E-state index contributed by atoms with van der Waals surface area (Å²) in [7, 11) is -4.14. The van der Waals surface area contributed by atoms with Crippen LogP contribution in [0.25, 0.3) is 11.2 Å². The Hall–Kier alpha value is -1.33. The van der Waals surface area contributed by atoms with E-state index in [2.05, 4.69) is 19.5 Å². The fourth-order valence-electron chi connectivity index (χ4n) is 2.34. The van der Waals surface area contributed by atoms with Gasteiger partial charge in [0.05, 0.1) is 19.0 Å². The largest absolute Gasteiger partial charge is 0.400 e. The van der Waals surface area contributed by atoms with E-state index in [0.717, 1.165) is 0 Å². The van der Waals surface area contributed by atoms with Crippen molar-refractivity contribution in [1.82, 2.24) is 19.5 Å². The molecular weight excluding hydrogens is 351 g/mol. The van der Waals surface area contributed by atoms with E-state index in [4.69, 9.17) is 32.5 Å². The third-order valence-electron chi connectivity index (χ3n) is 3.36. The number of aliphatic hydroxyl groups is 1. The summed E-state index contributed by atoms with van der Waals surface area (Å²) in [6.07, 6.45) is -0.729. The average molecular weight is 365 g/mol. The second kappa shape index (κ2) is 5.95. The maximum absolute atomic E-state index is 11.0. The standard InChI is InChI=1S/C10H14ClN6O5P/c11-10-15-8(12)7-9(16-10)17(3-14-7)6-1-4(18)5(22-6)2-21-23(13,19)20/h3-6,18H,1-2H2,(H2,12,15,16)(H3,13,19,20)/t4-,5+,6+/m0/s1. The third kappa shape index (κ3) is 3.45. The summed E-state index contributed by atoms with van der Waals surface area (Å²) in [5.74, 6) is 0.126. The van der Waals surface area contributed by atoms with Crippen LogP contribution in [0.5, 0.6) is 0 Å². The molecule has 3 heterocycles. The quantitative estimate of drug-likeness (QED) is 0.420. The fraction of sp³-hybridized carbons (Fsp3) is 0.500. The molecule has 0 saturated carbocycles. The van der Waals surface area contributed by atoms with Crippen molar-refractivity contribution >= 4 is 36.3 Å². The van der Waals surface area contributed by atoms with Gasteiger partial charge >= 0.3 is 7.75 Å².